The quantitative estimate of drug-likeness (QED) is 0.195. The molecule has 0 heteroatoms. The lowest BCUT2D eigenvalue weighted by molar-refractivity contribution is 0.443. The summed E-state index contributed by atoms with van der Waals surface area (Å²) in [6.07, 6.45) is 20.1. The van der Waals surface area contributed by atoms with Crippen molar-refractivity contribution in [2.45, 2.75) is 121 Å². The molecule has 0 radical (unpaired) electrons. The van der Waals surface area contributed by atoms with E-state index in [0.717, 1.165) is 31.6 Å². The van der Waals surface area contributed by atoms with Crippen molar-refractivity contribution in [3.8, 4) is 11.1 Å². The number of hydrogen-bond donors (Lipinski definition) is 0. The van der Waals surface area contributed by atoms with Gasteiger partial charge < -0.3 is 0 Å². The van der Waals surface area contributed by atoms with Gasteiger partial charge in [0.2, 0.25) is 0 Å². The topological polar surface area (TPSA) is 0 Å². The number of allylic oxidation sites excluding steroid dienone is 5. The molecular weight excluding hydrogens is 516 g/mol. The highest BCUT2D eigenvalue weighted by atomic mass is 14.5. The van der Waals surface area contributed by atoms with Crippen LogP contribution in [0.3, 0.4) is 0 Å². The van der Waals surface area contributed by atoms with Crippen LogP contribution < -0.4 is 0 Å². The van der Waals surface area contributed by atoms with Gasteiger partial charge in [-0.1, -0.05) is 145 Å². The zero-order valence-corrected chi connectivity index (χ0v) is 27.7. The molecule has 3 aliphatic carbocycles. The average Bonchev–Trinajstić information content (AvgIpc) is 3.66. The molecule has 43 heavy (non-hydrogen) atoms. The van der Waals surface area contributed by atoms with Gasteiger partial charge in [0.15, 0.2) is 0 Å². The van der Waals surface area contributed by atoms with E-state index in [1.165, 1.54) is 76.6 Å². The summed E-state index contributed by atoms with van der Waals surface area (Å²) in [6.45, 7) is 18.4. The van der Waals surface area contributed by atoms with Crippen molar-refractivity contribution in [1.82, 2.24) is 0 Å². The fourth-order valence-electron chi connectivity index (χ4n) is 8.33. The first-order valence-electron chi connectivity index (χ1n) is 16.9. The Hall–Kier alpha value is -3.12. The number of fused-ring (bicyclic) bond motifs is 3. The number of benzene rings is 3. The van der Waals surface area contributed by atoms with Gasteiger partial charge >= 0.3 is 0 Å². The molecule has 0 spiro atoms. The molecule has 0 N–H and O–H groups in total. The van der Waals surface area contributed by atoms with Crippen molar-refractivity contribution in [2.24, 2.45) is 0 Å². The van der Waals surface area contributed by atoms with Gasteiger partial charge in [-0.2, -0.15) is 0 Å². The highest BCUT2D eigenvalue weighted by Crippen LogP contribution is 2.54. The Morgan fingerprint density at radius 2 is 1.49 bits per heavy atom. The van der Waals surface area contributed by atoms with Gasteiger partial charge in [-0.05, 0) is 105 Å². The SMILES string of the molecule is C=CCCC(C1=CC=CC1)(c1ccc(C2CCCCC2)cc1)c1c(C(C)(C)C)ccc2c1Cc1cc(C(C)(C)C)ccc1-2. The van der Waals surface area contributed by atoms with Crippen molar-refractivity contribution >= 4 is 0 Å². The van der Waals surface area contributed by atoms with E-state index in [9.17, 15) is 0 Å². The second kappa shape index (κ2) is 11.4. The maximum atomic E-state index is 4.23. The van der Waals surface area contributed by atoms with Gasteiger partial charge in [-0.25, -0.2) is 0 Å². The fourth-order valence-corrected chi connectivity index (χ4v) is 8.33. The Kier molecular flexibility index (Phi) is 7.95. The minimum atomic E-state index is -0.203. The molecule has 1 saturated carbocycles. The van der Waals surface area contributed by atoms with Crippen LogP contribution in [0.1, 0.15) is 138 Å². The molecule has 3 aliphatic rings. The monoisotopic (exact) mass is 568 g/mol. The second-order valence-electron chi connectivity index (χ2n) is 15.6. The third-order valence-electron chi connectivity index (χ3n) is 10.7. The summed E-state index contributed by atoms with van der Waals surface area (Å²) in [5.74, 6) is 0.718. The lowest BCUT2D eigenvalue weighted by Crippen LogP contribution is -2.35. The molecule has 0 saturated heterocycles. The molecule has 0 aromatic heterocycles. The van der Waals surface area contributed by atoms with Gasteiger partial charge in [-0.15, -0.1) is 6.58 Å². The maximum absolute atomic E-state index is 4.23. The van der Waals surface area contributed by atoms with Crippen molar-refractivity contribution < 1.29 is 0 Å². The summed E-state index contributed by atoms with van der Waals surface area (Å²) in [4.78, 5) is 0. The molecule has 0 bridgehead atoms. The smallest absolute Gasteiger partial charge is 0.0426 e. The molecule has 0 heterocycles. The van der Waals surface area contributed by atoms with E-state index in [1.54, 1.807) is 11.1 Å². The van der Waals surface area contributed by atoms with Crippen LogP contribution in [0.5, 0.6) is 0 Å². The Bertz CT molecular complexity index is 1550. The average molecular weight is 569 g/mol. The van der Waals surface area contributed by atoms with E-state index in [4.69, 9.17) is 0 Å². The largest absolute Gasteiger partial charge is 0.103 e. The Morgan fingerprint density at radius 1 is 0.791 bits per heavy atom. The van der Waals surface area contributed by atoms with E-state index in [2.05, 4.69) is 127 Å². The normalized spacial score (nSPS) is 18.2. The third-order valence-corrected chi connectivity index (χ3v) is 10.7. The molecule has 6 rings (SSSR count). The van der Waals surface area contributed by atoms with Crippen LogP contribution in [-0.2, 0) is 22.7 Å². The van der Waals surface area contributed by atoms with Crippen molar-refractivity contribution in [2.75, 3.05) is 0 Å². The Morgan fingerprint density at radius 3 is 2.12 bits per heavy atom. The zero-order valence-electron chi connectivity index (χ0n) is 27.7. The van der Waals surface area contributed by atoms with E-state index in [-0.39, 0.29) is 16.2 Å². The van der Waals surface area contributed by atoms with Gasteiger partial charge in [0, 0.05) is 5.41 Å². The van der Waals surface area contributed by atoms with Crippen molar-refractivity contribution in [3.05, 3.63) is 130 Å². The lowest BCUT2D eigenvalue weighted by atomic mass is 9.60. The van der Waals surface area contributed by atoms with Crippen LogP contribution >= 0.6 is 0 Å². The predicted molar refractivity (Wildman–Crippen MR) is 186 cm³/mol. The summed E-state index contributed by atoms with van der Waals surface area (Å²) in [5, 5.41) is 0. The molecule has 1 fully saturated rings. The molecule has 1 unspecified atom stereocenters. The van der Waals surface area contributed by atoms with Crippen LogP contribution in [0.2, 0.25) is 0 Å². The first kappa shape index (κ1) is 29.9. The van der Waals surface area contributed by atoms with Gasteiger partial charge in [0.05, 0.1) is 0 Å². The number of hydrogen-bond acceptors (Lipinski definition) is 0. The summed E-state index contributed by atoms with van der Waals surface area (Å²) >= 11 is 0. The van der Waals surface area contributed by atoms with E-state index >= 15 is 0 Å². The summed E-state index contributed by atoms with van der Waals surface area (Å²) < 4.78 is 0. The van der Waals surface area contributed by atoms with Gasteiger partial charge in [0.25, 0.3) is 0 Å². The molecule has 1 atom stereocenters. The van der Waals surface area contributed by atoms with Crippen molar-refractivity contribution in [1.29, 1.82) is 0 Å². The van der Waals surface area contributed by atoms with Gasteiger partial charge in [-0.3, -0.25) is 0 Å². The first-order chi connectivity index (χ1) is 20.5. The standard InChI is InChI=1S/C43H52/c1-8-9-27-43(33-17-13-14-18-33,34-21-19-31(20-22-34)30-15-11-10-12-16-30)40-38-29-32-28-35(41(2,3)4)23-24-36(32)37(38)25-26-39(40)42(5,6)7/h8,13-14,17,19-26,28,30H,1,9-12,15-16,18,27,29H2,2-7H3. The molecule has 0 amide bonds. The Labute approximate surface area is 262 Å². The first-order valence-corrected chi connectivity index (χ1v) is 16.9. The Balaban J connectivity index is 1.60. The molecule has 3 aromatic rings. The molecule has 224 valence electrons. The van der Waals surface area contributed by atoms with E-state index in [0.29, 0.717) is 0 Å². The van der Waals surface area contributed by atoms with Crippen LogP contribution in [0.4, 0.5) is 0 Å². The molecular formula is C43H52. The number of rotatable bonds is 7. The molecule has 0 nitrogen and oxygen atoms in total. The maximum Gasteiger partial charge on any atom is 0.0426 e. The highest BCUT2D eigenvalue weighted by Gasteiger charge is 2.44. The lowest BCUT2D eigenvalue weighted by Gasteiger charge is -2.42. The summed E-state index contributed by atoms with van der Waals surface area (Å²) in [5.41, 5.74) is 14.8. The van der Waals surface area contributed by atoms with E-state index in [1.807, 2.05) is 0 Å². The van der Waals surface area contributed by atoms with Crippen LogP contribution in [0, 0.1) is 0 Å². The third kappa shape index (κ3) is 5.41. The zero-order chi connectivity index (χ0) is 30.4. The summed E-state index contributed by atoms with van der Waals surface area (Å²) in [7, 11) is 0. The van der Waals surface area contributed by atoms with Gasteiger partial charge in [0.1, 0.15) is 0 Å². The summed E-state index contributed by atoms with van der Waals surface area (Å²) in [6, 6.07) is 22.2. The highest BCUT2D eigenvalue weighted by molar-refractivity contribution is 5.81. The molecule has 3 aromatic carbocycles. The minimum absolute atomic E-state index is 0.0176. The fraction of sp³-hybridized carbons (Fsp3) is 0.442. The molecule has 0 aliphatic heterocycles. The van der Waals surface area contributed by atoms with Crippen LogP contribution in [0.15, 0.2) is 91.1 Å². The van der Waals surface area contributed by atoms with E-state index < -0.39 is 0 Å². The van der Waals surface area contributed by atoms with Crippen LogP contribution in [-0.4, -0.2) is 0 Å². The second-order valence-corrected chi connectivity index (χ2v) is 15.6. The van der Waals surface area contributed by atoms with Crippen LogP contribution in [0.25, 0.3) is 11.1 Å². The predicted octanol–water partition coefficient (Wildman–Crippen LogP) is 12.0. The minimum Gasteiger partial charge on any atom is -0.103 e. The van der Waals surface area contributed by atoms with Crippen molar-refractivity contribution in [3.63, 3.8) is 0 Å².